The molecule has 0 saturated carbocycles. The van der Waals surface area contributed by atoms with Crippen molar-refractivity contribution in [1.82, 2.24) is 0 Å². The summed E-state index contributed by atoms with van der Waals surface area (Å²) in [4.78, 5) is 21.0. The molecule has 13 heavy (non-hydrogen) atoms. The quantitative estimate of drug-likeness (QED) is 0.504. The van der Waals surface area contributed by atoms with E-state index in [-0.39, 0.29) is 0 Å². The highest BCUT2D eigenvalue weighted by Gasteiger charge is 2.22. The van der Waals surface area contributed by atoms with Crippen LogP contribution in [-0.2, 0) is 9.59 Å². The van der Waals surface area contributed by atoms with Crippen LogP contribution in [0.5, 0.6) is 0 Å². The second-order valence-electron chi connectivity index (χ2n) is 2.69. The Kier molecular flexibility index (Phi) is 4.80. The molecule has 0 atom stereocenters. The van der Waals surface area contributed by atoms with Crippen molar-refractivity contribution in [3.63, 3.8) is 0 Å². The van der Waals surface area contributed by atoms with E-state index in [9.17, 15) is 9.59 Å². The lowest BCUT2D eigenvalue weighted by Gasteiger charge is -2.04. The molecule has 0 aliphatic carbocycles. The predicted molar refractivity (Wildman–Crippen MR) is 47.4 cm³/mol. The SMILES string of the molecule is CCC(=CC(C(=O)O)C(=O)O)CC. The van der Waals surface area contributed by atoms with Gasteiger partial charge in [-0.25, -0.2) is 0 Å². The molecule has 0 aliphatic rings. The molecule has 0 aromatic carbocycles. The third kappa shape index (κ3) is 3.73. The van der Waals surface area contributed by atoms with Crippen molar-refractivity contribution in [2.75, 3.05) is 0 Å². The first-order chi connectivity index (χ1) is 6.02. The van der Waals surface area contributed by atoms with Crippen molar-refractivity contribution in [2.24, 2.45) is 5.92 Å². The Labute approximate surface area is 76.9 Å². The largest absolute Gasteiger partial charge is 0.480 e. The molecular weight excluding hydrogens is 172 g/mol. The lowest BCUT2D eigenvalue weighted by Crippen LogP contribution is -2.21. The molecule has 0 spiro atoms. The summed E-state index contributed by atoms with van der Waals surface area (Å²) in [6.07, 6.45) is 2.69. The van der Waals surface area contributed by atoms with Gasteiger partial charge in [-0.3, -0.25) is 9.59 Å². The molecule has 0 aromatic heterocycles. The van der Waals surface area contributed by atoms with Crippen LogP contribution in [0.4, 0.5) is 0 Å². The Morgan fingerprint density at radius 1 is 1.15 bits per heavy atom. The molecule has 0 aromatic rings. The minimum absolute atomic E-state index is 0.688. The van der Waals surface area contributed by atoms with Gasteiger partial charge in [0, 0.05) is 0 Å². The van der Waals surface area contributed by atoms with E-state index in [0.717, 1.165) is 5.57 Å². The fourth-order valence-corrected chi connectivity index (χ4v) is 0.970. The number of carboxylic acids is 2. The van der Waals surface area contributed by atoms with Crippen LogP contribution in [0.3, 0.4) is 0 Å². The first-order valence-electron chi connectivity index (χ1n) is 4.18. The minimum Gasteiger partial charge on any atom is -0.480 e. The van der Waals surface area contributed by atoms with Gasteiger partial charge in [-0.1, -0.05) is 25.5 Å². The molecule has 0 fully saturated rings. The zero-order chi connectivity index (χ0) is 10.4. The van der Waals surface area contributed by atoms with E-state index in [1.807, 2.05) is 13.8 Å². The highest BCUT2D eigenvalue weighted by atomic mass is 16.4. The summed E-state index contributed by atoms with van der Waals surface area (Å²) in [7, 11) is 0. The fraction of sp³-hybridized carbons (Fsp3) is 0.556. The van der Waals surface area contributed by atoms with E-state index in [2.05, 4.69) is 0 Å². The maximum atomic E-state index is 10.5. The van der Waals surface area contributed by atoms with E-state index in [1.54, 1.807) is 0 Å². The van der Waals surface area contributed by atoms with Crippen molar-refractivity contribution in [2.45, 2.75) is 26.7 Å². The van der Waals surface area contributed by atoms with Gasteiger partial charge in [-0.15, -0.1) is 0 Å². The van der Waals surface area contributed by atoms with Crippen molar-refractivity contribution in [3.8, 4) is 0 Å². The minimum atomic E-state index is -1.41. The van der Waals surface area contributed by atoms with E-state index >= 15 is 0 Å². The van der Waals surface area contributed by atoms with E-state index < -0.39 is 17.9 Å². The molecule has 0 unspecified atom stereocenters. The normalized spacial score (nSPS) is 9.77. The van der Waals surface area contributed by atoms with Crippen LogP contribution >= 0.6 is 0 Å². The molecule has 0 heterocycles. The summed E-state index contributed by atoms with van der Waals surface area (Å²) >= 11 is 0. The molecule has 74 valence electrons. The smallest absolute Gasteiger partial charge is 0.321 e. The third-order valence-electron chi connectivity index (χ3n) is 1.84. The summed E-state index contributed by atoms with van der Waals surface area (Å²) in [5.74, 6) is -4.03. The number of hydrogen-bond acceptors (Lipinski definition) is 2. The van der Waals surface area contributed by atoms with Gasteiger partial charge in [-0.2, -0.15) is 0 Å². The zero-order valence-corrected chi connectivity index (χ0v) is 7.78. The average molecular weight is 186 g/mol. The maximum absolute atomic E-state index is 10.5. The van der Waals surface area contributed by atoms with E-state index in [4.69, 9.17) is 10.2 Å². The maximum Gasteiger partial charge on any atom is 0.321 e. The zero-order valence-electron chi connectivity index (χ0n) is 7.78. The predicted octanol–water partition coefficient (Wildman–Crippen LogP) is 1.52. The van der Waals surface area contributed by atoms with Gasteiger partial charge in [0.05, 0.1) is 0 Å². The van der Waals surface area contributed by atoms with Gasteiger partial charge in [0.25, 0.3) is 0 Å². The Hall–Kier alpha value is -1.32. The summed E-state index contributed by atoms with van der Waals surface area (Å²) in [5.41, 5.74) is 0.856. The number of aliphatic carboxylic acids is 2. The van der Waals surface area contributed by atoms with Gasteiger partial charge >= 0.3 is 11.9 Å². The molecule has 0 bridgehead atoms. The fourth-order valence-electron chi connectivity index (χ4n) is 0.970. The molecule has 0 amide bonds. The third-order valence-corrected chi connectivity index (χ3v) is 1.84. The Balaban J connectivity index is 4.66. The molecule has 2 N–H and O–H groups in total. The number of rotatable bonds is 5. The molecule has 4 heteroatoms. The number of allylic oxidation sites excluding steroid dienone is 1. The van der Waals surface area contributed by atoms with Gasteiger partial charge in [0.1, 0.15) is 0 Å². The lowest BCUT2D eigenvalue weighted by atomic mass is 10.0. The summed E-state index contributed by atoms with van der Waals surface area (Å²) in [6, 6.07) is 0. The molecule has 0 aliphatic heterocycles. The lowest BCUT2D eigenvalue weighted by molar-refractivity contribution is -0.151. The molecular formula is C9H14O4. The standard InChI is InChI=1S/C9H14O4/c1-3-6(4-2)5-7(8(10)11)9(12)13/h5,7H,3-4H2,1-2H3,(H,10,11)(H,12,13). The van der Waals surface area contributed by atoms with Crippen LogP contribution < -0.4 is 0 Å². The number of hydrogen-bond donors (Lipinski definition) is 2. The van der Waals surface area contributed by atoms with Crippen LogP contribution in [0, 0.1) is 5.92 Å². The van der Waals surface area contributed by atoms with Crippen molar-refractivity contribution < 1.29 is 19.8 Å². The van der Waals surface area contributed by atoms with Gasteiger partial charge < -0.3 is 10.2 Å². The Morgan fingerprint density at radius 2 is 1.54 bits per heavy atom. The van der Waals surface area contributed by atoms with E-state index in [0.29, 0.717) is 12.8 Å². The first kappa shape index (κ1) is 11.7. The van der Waals surface area contributed by atoms with Crippen LogP contribution in [-0.4, -0.2) is 22.2 Å². The van der Waals surface area contributed by atoms with Gasteiger partial charge in [0.2, 0.25) is 0 Å². The van der Waals surface area contributed by atoms with Gasteiger partial charge in [0.15, 0.2) is 5.92 Å². The second-order valence-corrected chi connectivity index (χ2v) is 2.69. The summed E-state index contributed by atoms with van der Waals surface area (Å²) < 4.78 is 0. The highest BCUT2D eigenvalue weighted by molar-refractivity contribution is 5.95. The summed E-state index contributed by atoms with van der Waals surface area (Å²) in [6.45, 7) is 3.74. The second kappa shape index (κ2) is 5.35. The molecule has 0 rings (SSSR count). The van der Waals surface area contributed by atoms with Crippen LogP contribution in [0.15, 0.2) is 11.6 Å². The first-order valence-corrected chi connectivity index (χ1v) is 4.18. The number of carbonyl (C=O) groups is 2. The molecule has 0 saturated heterocycles. The van der Waals surface area contributed by atoms with Crippen molar-refractivity contribution >= 4 is 11.9 Å². The monoisotopic (exact) mass is 186 g/mol. The Bertz CT molecular complexity index is 210. The highest BCUT2D eigenvalue weighted by Crippen LogP contribution is 2.11. The van der Waals surface area contributed by atoms with Crippen LogP contribution in [0.2, 0.25) is 0 Å². The van der Waals surface area contributed by atoms with Crippen LogP contribution in [0.25, 0.3) is 0 Å². The number of carboxylic acid groups (broad SMARTS) is 2. The van der Waals surface area contributed by atoms with Crippen molar-refractivity contribution in [1.29, 1.82) is 0 Å². The molecule has 4 nitrogen and oxygen atoms in total. The van der Waals surface area contributed by atoms with Crippen molar-refractivity contribution in [3.05, 3.63) is 11.6 Å². The van der Waals surface area contributed by atoms with E-state index in [1.165, 1.54) is 6.08 Å². The molecule has 0 radical (unpaired) electrons. The van der Waals surface area contributed by atoms with Crippen LogP contribution in [0.1, 0.15) is 26.7 Å². The Morgan fingerprint density at radius 3 is 1.77 bits per heavy atom. The summed E-state index contributed by atoms with van der Waals surface area (Å²) in [5, 5.41) is 17.1. The van der Waals surface area contributed by atoms with Gasteiger partial charge in [-0.05, 0) is 12.8 Å². The topological polar surface area (TPSA) is 74.6 Å². The average Bonchev–Trinajstić information content (AvgIpc) is 2.05.